The summed E-state index contributed by atoms with van der Waals surface area (Å²) in [7, 11) is 0. The minimum absolute atomic E-state index is 0.129. The number of nitrogens with zero attached hydrogens (tertiary/aromatic N) is 2. The Morgan fingerprint density at radius 3 is 2.35 bits per heavy atom. The molecule has 0 aliphatic rings. The van der Waals surface area contributed by atoms with Gasteiger partial charge in [-0.2, -0.15) is 0 Å². The van der Waals surface area contributed by atoms with E-state index in [0.29, 0.717) is 11.6 Å². The highest BCUT2D eigenvalue weighted by atomic mass is 32.1. The molecule has 1 unspecified atom stereocenters. The molecule has 0 bridgehead atoms. The number of ether oxygens (including phenoxy) is 1. The van der Waals surface area contributed by atoms with Crippen molar-refractivity contribution >= 4 is 28.5 Å². The molecule has 0 fully saturated rings. The predicted octanol–water partition coefficient (Wildman–Crippen LogP) is 4.36. The van der Waals surface area contributed by atoms with Crippen molar-refractivity contribution in [3.8, 4) is 0 Å². The third-order valence-corrected chi connectivity index (χ3v) is 5.44. The molecule has 2 amide bonds. The molecule has 2 aromatic carbocycles. The van der Waals surface area contributed by atoms with Crippen LogP contribution in [0.15, 0.2) is 60.7 Å². The summed E-state index contributed by atoms with van der Waals surface area (Å²) in [5.74, 6) is -0.362. The summed E-state index contributed by atoms with van der Waals surface area (Å²) in [6.45, 7) is 2.24. The van der Waals surface area contributed by atoms with Gasteiger partial charge in [0.25, 0.3) is 0 Å². The Hall–Kier alpha value is -3.26. The molecule has 8 heteroatoms. The summed E-state index contributed by atoms with van der Waals surface area (Å²) in [5, 5.41) is 14.9. The Morgan fingerprint density at radius 2 is 1.68 bits per heavy atom. The van der Waals surface area contributed by atoms with E-state index in [4.69, 9.17) is 4.74 Å². The minimum atomic E-state index is -0.811. The van der Waals surface area contributed by atoms with E-state index in [-0.39, 0.29) is 12.5 Å². The highest BCUT2D eigenvalue weighted by Gasteiger charge is 2.23. The first kappa shape index (κ1) is 22.4. The largest absolute Gasteiger partial charge is 0.445 e. The van der Waals surface area contributed by atoms with Crippen molar-refractivity contribution in [1.29, 1.82) is 0 Å². The Labute approximate surface area is 185 Å². The smallest absolute Gasteiger partial charge is 0.408 e. The second-order valence-electron chi connectivity index (χ2n) is 7.04. The van der Waals surface area contributed by atoms with Gasteiger partial charge in [0.05, 0.1) is 0 Å². The van der Waals surface area contributed by atoms with Crippen LogP contribution in [-0.2, 0) is 29.0 Å². The number of hydrogen-bond acceptors (Lipinski definition) is 6. The second kappa shape index (κ2) is 11.8. The lowest BCUT2D eigenvalue weighted by molar-refractivity contribution is -0.118. The molecule has 3 rings (SSSR count). The van der Waals surface area contributed by atoms with Gasteiger partial charge in [0.2, 0.25) is 11.0 Å². The molecule has 1 heterocycles. The number of alkyl carbamates (subject to hydrolysis) is 1. The number of nitrogens with one attached hydrogen (secondary N) is 2. The quantitative estimate of drug-likeness (QED) is 0.491. The fraction of sp³-hybridized carbons (Fsp3) is 0.304. The molecule has 0 saturated heterocycles. The number of carbonyl (C=O) groups excluding carboxylic acids is 2. The molecule has 162 valence electrons. The number of benzene rings is 2. The highest BCUT2D eigenvalue weighted by molar-refractivity contribution is 7.15. The molecular weight excluding hydrogens is 412 g/mol. The monoisotopic (exact) mass is 438 g/mol. The summed E-state index contributed by atoms with van der Waals surface area (Å²) in [6, 6.07) is 18.1. The average Bonchev–Trinajstić information content (AvgIpc) is 3.24. The van der Waals surface area contributed by atoms with Crippen LogP contribution in [0.2, 0.25) is 0 Å². The Morgan fingerprint density at radius 1 is 1.00 bits per heavy atom. The van der Waals surface area contributed by atoms with Crippen LogP contribution in [0.3, 0.4) is 0 Å². The van der Waals surface area contributed by atoms with Gasteiger partial charge in [-0.15, -0.1) is 10.2 Å². The summed E-state index contributed by atoms with van der Waals surface area (Å²) < 4.78 is 5.29. The Bertz CT molecular complexity index is 963. The summed E-state index contributed by atoms with van der Waals surface area (Å²) in [4.78, 5) is 25.3. The third-order valence-electron chi connectivity index (χ3n) is 4.55. The summed E-state index contributed by atoms with van der Waals surface area (Å²) >= 11 is 1.35. The lowest BCUT2D eigenvalue weighted by Gasteiger charge is -2.17. The van der Waals surface area contributed by atoms with Crippen LogP contribution in [0.4, 0.5) is 9.93 Å². The Kier molecular flexibility index (Phi) is 8.54. The van der Waals surface area contributed by atoms with Gasteiger partial charge in [-0.25, -0.2) is 4.79 Å². The van der Waals surface area contributed by atoms with Gasteiger partial charge in [-0.3, -0.25) is 10.1 Å². The van der Waals surface area contributed by atoms with Crippen LogP contribution in [0.1, 0.15) is 35.9 Å². The van der Waals surface area contributed by atoms with E-state index in [1.54, 1.807) is 0 Å². The van der Waals surface area contributed by atoms with E-state index in [1.165, 1.54) is 11.3 Å². The molecule has 1 aromatic heterocycles. The van der Waals surface area contributed by atoms with Crippen molar-refractivity contribution in [2.24, 2.45) is 0 Å². The lowest BCUT2D eigenvalue weighted by Crippen LogP contribution is -2.45. The fourth-order valence-electron chi connectivity index (χ4n) is 2.89. The molecule has 2 N–H and O–H groups in total. The van der Waals surface area contributed by atoms with Gasteiger partial charge in [-0.1, -0.05) is 85.3 Å². The van der Waals surface area contributed by atoms with Gasteiger partial charge in [0, 0.05) is 12.8 Å². The standard InChI is InChI=1S/C23H26N4O3S/c1-2-3-14-20-26-27-22(31-20)25-21(28)19(15-17-10-6-4-7-11-17)24-23(29)30-16-18-12-8-5-9-13-18/h4-13,19H,2-3,14-16H2,1H3,(H,24,29)(H,25,27,28). The van der Waals surface area contributed by atoms with E-state index in [9.17, 15) is 9.59 Å². The van der Waals surface area contributed by atoms with Crippen LogP contribution >= 0.6 is 11.3 Å². The summed E-state index contributed by atoms with van der Waals surface area (Å²) in [5.41, 5.74) is 1.79. The Balaban J connectivity index is 1.62. The molecule has 0 radical (unpaired) electrons. The van der Waals surface area contributed by atoms with Crippen LogP contribution in [-0.4, -0.2) is 28.2 Å². The molecule has 0 saturated carbocycles. The number of anilines is 1. The lowest BCUT2D eigenvalue weighted by atomic mass is 10.1. The van der Waals surface area contributed by atoms with Gasteiger partial charge in [0.1, 0.15) is 17.7 Å². The van der Waals surface area contributed by atoms with Crippen molar-refractivity contribution < 1.29 is 14.3 Å². The maximum Gasteiger partial charge on any atom is 0.408 e. The van der Waals surface area contributed by atoms with Crippen molar-refractivity contribution in [3.63, 3.8) is 0 Å². The maximum atomic E-state index is 12.9. The molecule has 1 atom stereocenters. The average molecular weight is 439 g/mol. The number of aromatic nitrogens is 2. The molecular formula is C23H26N4O3S. The number of carbonyl (C=O) groups is 2. The van der Waals surface area contributed by atoms with Crippen LogP contribution in [0.25, 0.3) is 0 Å². The van der Waals surface area contributed by atoms with Crippen molar-refractivity contribution in [2.75, 3.05) is 5.32 Å². The molecule has 0 spiro atoms. The fourth-order valence-corrected chi connectivity index (χ4v) is 3.68. The van der Waals surface area contributed by atoms with Crippen LogP contribution in [0, 0.1) is 0 Å². The SMILES string of the molecule is CCCCc1nnc(NC(=O)C(Cc2ccccc2)NC(=O)OCc2ccccc2)s1. The summed E-state index contributed by atoms with van der Waals surface area (Å²) in [6.07, 6.45) is 2.60. The topological polar surface area (TPSA) is 93.2 Å². The molecule has 7 nitrogen and oxygen atoms in total. The van der Waals surface area contributed by atoms with E-state index in [2.05, 4.69) is 27.8 Å². The zero-order valence-electron chi connectivity index (χ0n) is 17.4. The first-order valence-corrected chi connectivity index (χ1v) is 11.1. The number of aryl methyl sites for hydroxylation is 1. The van der Waals surface area contributed by atoms with E-state index >= 15 is 0 Å². The number of unbranched alkanes of at least 4 members (excludes halogenated alkanes) is 1. The molecule has 0 aliphatic carbocycles. The van der Waals surface area contributed by atoms with E-state index in [0.717, 1.165) is 35.4 Å². The molecule has 31 heavy (non-hydrogen) atoms. The first-order chi connectivity index (χ1) is 15.1. The van der Waals surface area contributed by atoms with E-state index < -0.39 is 12.1 Å². The first-order valence-electron chi connectivity index (χ1n) is 10.3. The number of amides is 2. The van der Waals surface area contributed by atoms with Gasteiger partial charge in [-0.05, 0) is 17.5 Å². The zero-order chi connectivity index (χ0) is 21.9. The highest BCUT2D eigenvalue weighted by Crippen LogP contribution is 2.18. The molecule has 3 aromatic rings. The predicted molar refractivity (Wildman–Crippen MR) is 121 cm³/mol. The van der Waals surface area contributed by atoms with Gasteiger partial charge >= 0.3 is 6.09 Å². The normalized spacial score (nSPS) is 11.5. The van der Waals surface area contributed by atoms with Gasteiger partial charge < -0.3 is 10.1 Å². The van der Waals surface area contributed by atoms with Gasteiger partial charge in [0.15, 0.2) is 0 Å². The van der Waals surface area contributed by atoms with Crippen molar-refractivity contribution in [3.05, 3.63) is 76.8 Å². The van der Waals surface area contributed by atoms with Crippen molar-refractivity contribution in [2.45, 2.75) is 45.3 Å². The second-order valence-corrected chi connectivity index (χ2v) is 8.10. The van der Waals surface area contributed by atoms with Crippen LogP contribution in [0.5, 0.6) is 0 Å². The van der Waals surface area contributed by atoms with Crippen molar-refractivity contribution in [1.82, 2.24) is 15.5 Å². The number of rotatable bonds is 10. The molecule has 0 aliphatic heterocycles. The zero-order valence-corrected chi connectivity index (χ0v) is 18.2. The third kappa shape index (κ3) is 7.49. The number of hydrogen-bond donors (Lipinski definition) is 2. The van der Waals surface area contributed by atoms with E-state index in [1.807, 2.05) is 60.7 Å². The van der Waals surface area contributed by atoms with Crippen LogP contribution < -0.4 is 10.6 Å². The maximum absolute atomic E-state index is 12.9. The minimum Gasteiger partial charge on any atom is -0.445 e.